The average Bonchev–Trinajstić information content (AvgIpc) is 2.84. The Morgan fingerprint density at radius 1 is 1.67 bits per heavy atom. The number of aromatic nitrogens is 3. The molecule has 0 fully saturated rings. The van der Waals surface area contributed by atoms with Gasteiger partial charge in [-0.2, -0.15) is 0 Å². The van der Waals surface area contributed by atoms with E-state index < -0.39 is 0 Å². The van der Waals surface area contributed by atoms with Crippen molar-refractivity contribution < 1.29 is 9.21 Å². The van der Waals surface area contributed by atoms with Gasteiger partial charge < -0.3 is 9.73 Å². The Bertz CT molecular complexity index is 446. The van der Waals surface area contributed by atoms with E-state index in [0.717, 1.165) is 0 Å². The molecule has 1 amide bonds. The van der Waals surface area contributed by atoms with Crippen LogP contribution in [0.25, 0.3) is 0 Å². The van der Waals surface area contributed by atoms with Gasteiger partial charge in [-0.1, -0.05) is 0 Å². The van der Waals surface area contributed by atoms with Gasteiger partial charge in [0.15, 0.2) is 0 Å². The van der Waals surface area contributed by atoms with Crippen LogP contribution in [0.15, 0.2) is 22.8 Å². The van der Waals surface area contributed by atoms with Crippen LogP contribution in [-0.4, -0.2) is 21.1 Å². The molecule has 15 heavy (non-hydrogen) atoms. The lowest BCUT2D eigenvalue weighted by atomic mass is 10.4. The normalized spacial score (nSPS) is 10.2. The molecule has 0 aromatic carbocycles. The van der Waals surface area contributed by atoms with Gasteiger partial charge in [0.05, 0.1) is 12.8 Å². The number of aromatic amines is 1. The molecule has 78 valence electrons. The van der Waals surface area contributed by atoms with Crippen molar-refractivity contribution in [2.75, 3.05) is 0 Å². The predicted octanol–water partition coefficient (Wildman–Crippen LogP) is 0.636. The van der Waals surface area contributed by atoms with Crippen LogP contribution in [0.2, 0.25) is 0 Å². The van der Waals surface area contributed by atoms with Crippen molar-refractivity contribution in [2.45, 2.75) is 13.5 Å². The van der Waals surface area contributed by atoms with E-state index in [1.54, 1.807) is 25.3 Å². The zero-order valence-corrected chi connectivity index (χ0v) is 8.15. The smallest absolute Gasteiger partial charge is 0.291 e. The maximum absolute atomic E-state index is 11.5. The summed E-state index contributed by atoms with van der Waals surface area (Å²) in [5, 5.41) is 8.97. The van der Waals surface area contributed by atoms with Crippen LogP contribution in [0.3, 0.4) is 0 Å². The average molecular weight is 206 g/mol. The van der Waals surface area contributed by atoms with Crippen molar-refractivity contribution in [3.05, 3.63) is 35.8 Å². The van der Waals surface area contributed by atoms with Crippen LogP contribution in [0.1, 0.15) is 22.2 Å². The fourth-order valence-electron chi connectivity index (χ4n) is 1.10. The quantitative estimate of drug-likeness (QED) is 0.771. The summed E-state index contributed by atoms with van der Waals surface area (Å²) in [7, 11) is 0. The third kappa shape index (κ3) is 2.22. The number of amides is 1. The number of nitrogens with one attached hydrogen (secondary N) is 2. The van der Waals surface area contributed by atoms with Crippen LogP contribution in [-0.2, 0) is 6.54 Å². The van der Waals surface area contributed by atoms with E-state index in [1.807, 2.05) is 0 Å². The number of hydrogen-bond acceptors (Lipinski definition) is 4. The minimum absolute atomic E-state index is 0.138. The van der Waals surface area contributed by atoms with E-state index in [2.05, 4.69) is 20.5 Å². The van der Waals surface area contributed by atoms with Gasteiger partial charge >= 0.3 is 0 Å². The number of furan rings is 1. The highest BCUT2D eigenvalue weighted by atomic mass is 16.3. The van der Waals surface area contributed by atoms with E-state index in [9.17, 15) is 4.79 Å². The van der Waals surface area contributed by atoms with Crippen molar-refractivity contribution in [3.63, 3.8) is 0 Å². The van der Waals surface area contributed by atoms with Crippen LogP contribution in [0.4, 0.5) is 0 Å². The molecule has 0 saturated carbocycles. The first-order valence-electron chi connectivity index (χ1n) is 4.45. The summed E-state index contributed by atoms with van der Waals surface area (Å²) in [6.45, 7) is 2.07. The SMILES string of the molecule is Cc1nc(C(=O)NCc2ccco2)n[nH]1. The molecule has 2 rings (SSSR count). The molecule has 0 saturated heterocycles. The molecule has 0 bridgehead atoms. The summed E-state index contributed by atoms with van der Waals surface area (Å²) in [6, 6.07) is 3.54. The zero-order valence-electron chi connectivity index (χ0n) is 8.15. The highest BCUT2D eigenvalue weighted by molar-refractivity contribution is 5.90. The van der Waals surface area contributed by atoms with Gasteiger partial charge in [0.1, 0.15) is 11.6 Å². The Labute approximate surface area is 85.7 Å². The molecular weight excluding hydrogens is 196 g/mol. The monoisotopic (exact) mass is 206 g/mol. The maximum Gasteiger partial charge on any atom is 0.291 e. The number of hydrogen-bond donors (Lipinski definition) is 2. The molecular formula is C9H10N4O2. The molecule has 2 heterocycles. The summed E-state index contributed by atoms with van der Waals surface area (Å²) in [5.41, 5.74) is 0. The summed E-state index contributed by atoms with van der Waals surface area (Å²) < 4.78 is 5.06. The second-order valence-electron chi connectivity index (χ2n) is 3.01. The summed E-state index contributed by atoms with van der Waals surface area (Å²) in [4.78, 5) is 15.4. The molecule has 0 aliphatic heterocycles. The predicted molar refractivity (Wildman–Crippen MR) is 51.0 cm³/mol. The van der Waals surface area contributed by atoms with Gasteiger partial charge in [0.2, 0.25) is 5.82 Å². The van der Waals surface area contributed by atoms with E-state index in [1.165, 1.54) is 0 Å². The highest BCUT2D eigenvalue weighted by Crippen LogP contribution is 1.99. The standard InChI is InChI=1S/C9H10N4O2/c1-6-11-8(13-12-6)9(14)10-5-7-3-2-4-15-7/h2-4H,5H2,1H3,(H,10,14)(H,11,12,13). The largest absolute Gasteiger partial charge is 0.467 e. The molecule has 0 aliphatic rings. The number of H-pyrrole nitrogens is 1. The lowest BCUT2D eigenvalue weighted by molar-refractivity contribution is 0.0938. The molecule has 0 spiro atoms. The van der Waals surface area contributed by atoms with Gasteiger partial charge in [-0.25, -0.2) is 4.98 Å². The minimum Gasteiger partial charge on any atom is -0.467 e. The van der Waals surface area contributed by atoms with Gasteiger partial charge in [0, 0.05) is 0 Å². The fourth-order valence-corrected chi connectivity index (χ4v) is 1.10. The van der Waals surface area contributed by atoms with Crippen molar-refractivity contribution in [3.8, 4) is 0 Å². The topological polar surface area (TPSA) is 83.8 Å². The number of carbonyl (C=O) groups excluding carboxylic acids is 1. The molecule has 6 heteroatoms. The highest BCUT2D eigenvalue weighted by Gasteiger charge is 2.10. The summed E-state index contributed by atoms with van der Waals surface area (Å²) >= 11 is 0. The third-order valence-electron chi connectivity index (χ3n) is 1.80. The van der Waals surface area contributed by atoms with Crippen molar-refractivity contribution in [2.24, 2.45) is 0 Å². The second-order valence-corrected chi connectivity index (χ2v) is 3.01. The molecule has 2 aromatic rings. The Balaban J connectivity index is 1.93. The number of carbonyl (C=O) groups is 1. The van der Waals surface area contributed by atoms with E-state index >= 15 is 0 Å². The van der Waals surface area contributed by atoms with Crippen molar-refractivity contribution in [1.82, 2.24) is 20.5 Å². The number of rotatable bonds is 3. The van der Waals surface area contributed by atoms with Crippen molar-refractivity contribution >= 4 is 5.91 Å². The van der Waals surface area contributed by atoms with Gasteiger partial charge in [-0.05, 0) is 19.1 Å². The lowest BCUT2D eigenvalue weighted by Gasteiger charge is -1.98. The fraction of sp³-hybridized carbons (Fsp3) is 0.222. The van der Waals surface area contributed by atoms with E-state index in [0.29, 0.717) is 18.1 Å². The van der Waals surface area contributed by atoms with Crippen LogP contribution in [0.5, 0.6) is 0 Å². The maximum atomic E-state index is 11.5. The Morgan fingerprint density at radius 3 is 3.13 bits per heavy atom. The van der Waals surface area contributed by atoms with Crippen LogP contribution < -0.4 is 5.32 Å². The molecule has 0 aliphatic carbocycles. The first-order chi connectivity index (χ1) is 7.25. The Morgan fingerprint density at radius 2 is 2.53 bits per heavy atom. The van der Waals surface area contributed by atoms with E-state index in [-0.39, 0.29) is 11.7 Å². The van der Waals surface area contributed by atoms with Gasteiger partial charge in [-0.3, -0.25) is 9.89 Å². The molecule has 2 N–H and O–H groups in total. The summed E-state index contributed by atoms with van der Waals surface area (Å²) in [5.74, 6) is 1.11. The first-order valence-corrected chi connectivity index (χ1v) is 4.45. The number of nitrogens with zero attached hydrogens (tertiary/aromatic N) is 2. The number of aryl methyl sites for hydroxylation is 1. The second kappa shape index (κ2) is 3.95. The Hall–Kier alpha value is -2.11. The third-order valence-corrected chi connectivity index (χ3v) is 1.80. The zero-order chi connectivity index (χ0) is 10.7. The van der Waals surface area contributed by atoms with Crippen molar-refractivity contribution in [1.29, 1.82) is 0 Å². The summed E-state index contributed by atoms with van der Waals surface area (Å²) in [6.07, 6.45) is 1.55. The Kier molecular flexibility index (Phi) is 2.49. The van der Waals surface area contributed by atoms with Crippen LogP contribution in [0, 0.1) is 6.92 Å². The van der Waals surface area contributed by atoms with Gasteiger partial charge in [-0.15, -0.1) is 5.10 Å². The molecule has 0 atom stereocenters. The first kappa shape index (κ1) is 9.45. The molecule has 6 nitrogen and oxygen atoms in total. The van der Waals surface area contributed by atoms with E-state index in [4.69, 9.17) is 4.42 Å². The van der Waals surface area contributed by atoms with Crippen LogP contribution >= 0.6 is 0 Å². The van der Waals surface area contributed by atoms with Gasteiger partial charge in [0.25, 0.3) is 5.91 Å². The molecule has 2 aromatic heterocycles. The molecule has 0 unspecified atom stereocenters. The lowest BCUT2D eigenvalue weighted by Crippen LogP contribution is -2.23. The molecule has 0 radical (unpaired) electrons. The minimum atomic E-state index is -0.323.